The Morgan fingerprint density at radius 1 is 1.50 bits per heavy atom. The molecule has 1 aromatic rings. The molecule has 0 bridgehead atoms. The van der Waals surface area contributed by atoms with Gasteiger partial charge in [0.15, 0.2) is 0 Å². The van der Waals surface area contributed by atoms with Gasteiger partial charge in [0.1, 0.15) is 0 Å². The van der Waals surface area contributed by atoms with E-state index < -0.39 is 0 Å². The molecule has 100 valence electrons. The molecule has 4 heteroatoms. The fraction of sp³-hybridized carbons (Fsp3) is 0.714. The van der Waals surface area contributed by atoms with Crippen molar-refractivity contribution in [2.45, 2.75) is 53.1 Å². The summed E-state index contributed by atoms with van der Waals surface area (Å²) < 4.78 is 2.11. The molecule has 0 aliphatic rings. The number of nitriles is 1. The van der Waals surface area contributed by atoms with E-state index >= 15 is 0 Å². The third-order valence-electron chi connectivity index (χ3n) is 2.94. The standard InChI is InChI=1S/C14H24N4/c1-4-7-16-9-13-10-18(12-17-13)8-5-6-14(2,3)11-15/h10,12,16H,4-9H2,1-3H3. The minimum Gasteiger partial charge on any atom is -0.337 e. The molecule has 4 nitrogen and oxygen atoms in total. The summed E-state index contributed by atoms with van der Waals surface area (Å²) in [6, 6.07) is 2.33. The summed E-state index contributed by atoms with van der Waals surface area (Å²) in [6.45, 7) is 8.93. The van der Waals surface area contributed by atoms with Gasteiger partial charge in [-0.2, -0.15) is 5.26 Å². The molecule has 0 amide bonds. The van der Waals surface area contributed by atoms with E-state index in [1.165, 1.54) is 0 Å². The van der Waals surface area contributed by atoms with Gasteiger partial charge in [-0.05, 0) is 39.7 Å². The summed E-state index contributed by atoms with van der Waals surface area (Å²) in [6.07, 6.45) is 7.04. The average molecular weight is 248 g/mol. The Morgan fingerprint density at radius 3 is 2.94 bits per heavy atom. The highest BCUT2D eigenvalue weighted by Gasteiger charge is 2.15. The molecule has 0 radical (unpaired) electrons. The molecule has 0 aliphatic heterocycles. The van der Waals surface area contributed by atoms with Crippen molar-refractivity contribution >= 4 is 0 Å². The van der Waals surface area contributed by atoms with Crippen LogP contribution in [0.5, 0.6) is 0 Å². The molecular weight excluding hydrogens is 224 g/mol. The van der Waals surface area contributed by atoms with Crippen LogP contribution in [-0.4, -0.2) is 16.1 Å². The van der Waals surface area contributed by atoms with Crippen LogP contribution in [0.15, 0.2) is 12.5 Å². The Hall–Kier alpha value is -1.34. The molecule has 0 fully saturated rings. The first-order valence-corrected chi connectivity index (χ1v) is 6.70. The lowest BCUT2D eigenvalue weighted by atomic mass is 9.90. The van der Waals surface area contributed by atoms with Crippen molar-refractivity contribution in [3.8, 4) is 6.07 Å². The van der Waals surface area contributed by atoms with E-state index in [0.29, 0.717) is 0 Å². The summed E-state index contributed by atoms with van der Waals surface area (Å²) >= 11 is 0. The van der Waals surface area contributed by atoms with E-state index in [-0.39, 0.29) is 5.41 Å². The molecule has 0 aromatic carbocycles. The number of hydrogen-bond donors (Lipinski definition) is 1. The molecule has 0 atom stereocenters. The topological polar surface area (TPSA) is 53.6 Å². The quantitative estimate of drug-likeness (QED) is 0.720. The van der Waals surface area contributed by atoms with Crippen LogP contribution in [0.1, 0.15) is 45.7 Å². The van der Waals surface area contributed by atoms with E-state index in [1.54, 1.807) is 0 Å². The Kier molecular flexibility index (Phi) is 5.87. The number of nitrogens with zero attached hydrogens (tertiary/aromatic N) is 3. The lowest BCUT2D eigenvalue weighted by molar-refractivity contribution is 0.415. The van der Waals surface area contributed by atoms with E-state index in [1.807, 2.05) is 20.2 Å². The first kappa shape index (κ1) is 14.7. The van der Waals surface area contributed by atoms with Gasteiger partial charge < -0.3 is 9.88 Å². The first-order chi connectivity index (χ1) is 8.57. The van der Waals surface area contributed by atoms with Crippen molar-refractivity contribution in [1.29, 1.82) is 5.26 Å². The van der Waals surface area contributed by atoms with Gasteiger partial charge in [0.05, 0.1) is 23.5 Å². The Balaban J connectivity index is 2.29. The molecule has 0 aliphatic carbocycles. The highest BCUT2D eigenvalue weighted by atomic mass is 15.0. The molecule has 18 heavy (non-hydrogen) atoms. The first-order valence-electron chi connectivity index (χ1n) is 6.70. The lowest BCUT2D eigenvalue weighted by Gasteiger charge is -2.14. The maximum atomic E-state index is 8.94. The maximum Gasteiger partial charge on any atom is 0.0949 e. The van der Waals surface area contributed by atoms with Crippen LogP contribution in [0.25, 0.3) is 0 Å². The number of hydrogen-bond acceptors (Lipinski definition) is 3. The van der Waals surface area contributed by atoms with Crippen molar-refractivity contribution in [3.63, 3.8) is 0 Å². The molecular formula is C14H24N4. The van der Waals surface area contributed by atoms with Crippen LogP contribution in [0.4, 0.5) is 0 Å². The predicted octanol–water partition coefficient (Wildman–Crippen LogP) is 2.71. The molecule has 0 spiro atoms. The van der Waals surface area contributed by atoms with Crippen molar-refractivity contribution in [3.05, 3.63) is 18.2 Å². The zero-order valence-corrected chi connectivity index (χ0v) is 11.7. The Bertz CT molecular complexity index is 387. The zero-order chi connectivity index (χ0) is 13.4. The largest absolute Gasteiger partial charge is 0.337 e. The number of rotatable bonds is 8. The van der Waals surface area contributed by atoms with Gasteiger partial charge >= 0.3 is 0 Å². The van der Waals surface area contributed by atoms with E-state index in [9.17, 15) is 0 Å². The van der Waals surface area contributed by atoms with Gasteiger partial charge in [-0.25, -0.2) is 4.98 Å². The molecule has 1 rings (SSSR count). The van der Waals surface area contributed by atoms with E-state index in [0.717, 1.165) is 44.6 Å². The smallest absolute Gasteiger partial charge is 0.0949 e. The summed E-state index contributed by atoms with van der Waals surface area (Å²) in [5.74, 6) is 0. The van der Waals surface area contributed by atoms with E-state index in [2.05, 4.69) is 34.1 Å². The van der Waals surface area contributed by atoms with Crippen LogP contribution < -0.4 is 5.32 Å². The summed E-state index contributed by atoms with van der Waals surface area (Å²) in [4.78, 5) is 4.36. The third-order valence-corrected chi connectivity index (χ3v) is 2.94. The van der Waals surface area contributed by atoms with Gasteiger partial charge in [0.25, 0.3) is 0 Å². The van der Waals surface area contributed by atoms with Gasteiger partial charge in [-0.1, -0.05) is 6.92 Å². The SMILES string of the molecule is CCCNCc1cn(CCCC(C)(C)C#N)cn1. The summed E-state index contributed by atoms with van der Waals surface area (Å²) in [7, 11) is 0. The zero-order valence-electron chi connectivity index (χ0n) is 11.7. The van der Waals surface area contributed by atoms with Crippen molar-refractivity contribution in [2.75, 3.05) is 6.54 Å². The molecule has 1 N–H and O–H groups in total. The predicted molar refractivity (Wildman–Crippen MR) is 72.9 cm³/mol. The Labute approximate surface area is 110 Å². The second kappa shape index (κ2) is 7.17. The number of aromatic nitrogens is 2. The normalized spacial score (nSPS) is 11.4. The lowest BCUT2D eigenvalue weighted by Crippen LogP contribution is -2.13. The second-order valence-corrected chi connectivity index (χ2v) is 5.38. The molecule has 0 saturated carbocycles. The van der Waals surface area contributed by atoms with Crippen LogP contribution in [-0.2, 0) is 13.1 Å². The molecule has 1 heterocycles. The van der Waals surface area contributed by atoms with Crippen LogP contribution in [0.3, 0.4) is 0 Å². The summed E-state index contributed by atoms with van der Waals surface area (Å²) in [5.41, 5.74) is 0.870. The van der Waals surface area contributed by atoms with Crippen molar-refractivity contribution in [1.82, 2.24) is 14.9 Å². The van der Waals surface area contributed by atoms with E-state index in [4.69, 9.17) is 5.26 Å². The number of imidazole rings is 1. The minimum atomic E-state index is -0.216. The van der Waals surface area contributed by atoms with Crippen LogP contribution in [0.2, 0.25) is 0 Å². The van der Waals surface area contributed by atoms with Crippen LogP contribution >= 0.6 is 0 Å². The molecule has 1 aromatic heterocycles. The van der Waals surface area contributed by atoms with Gasteiger partial charge in [-0.15, -0.1) is 0 Å². The maximum absolute atomic E-state index is 8.94. The van der Waals surface area contributed by atoms with Crippen LogP contribution in [0, 0.1) is 16.7 Å². The fourth-order valence-corrected chi connectivity index (χ4v) is 1.77. The number of aryl methyl sites for hydroxylation is 1. The van der Waals surface area contributed by atoms with Gasteiger partial charge in [0.2, 0.25) is 0 Å². The minimum absolute atomic E-state index is 0.216. The highest BCUT2D eigenvalue weighted by Crippen LogP contribution is 2.20. The average Bonchev–Trinajstić information content (AvgIpc) is 2.77. The number of nitrogens with one attached hydrogen (secondary N) is 1. The molecule has 0 saturated heterocycles. The highest BCUT2D eigenvalue weighted by molar-refractivity contribution is 4.96. The Morgan fingerprint density at radius 2 is 2.28 bits per heavy atom. The summed E-state index contributed by atoms with van der Waals surface area (Å²) in [5, 5.41) is 12.3. The van der Waals surface area contributed by atoms with Gasteiger partial charge in [0, 0.05) is 19.3 Å². The molecule has 0 unspecified atom stereocenters. The monoisotopic (exact) mass is 248 g/mol. The second-order valence-electron chi connectivity index (χ2n) is 5.38. The van der Waals surface area contributed by atoms with Crippen molar-refractivity contribution < 1.29 is 0 Å². The van der Waals surface area contributed by atoms with Crippen molar-refractivity contribution in [2.24, 2.45) is 5.41 Å². The fourth-order valence-electron chi connectivity index (χ4n) is 1.77. The van der Waals surface area contributed by atoms with Gasteiger partial charge in [-0.3, -0.25) is 0 Å². The third kappa shape index (κ3) is 5.33.